The maximum atomic E-state index is 9.04. The Bertz CT molecular complexity index is 999. The molecule has 0 saturated heterocycles. The highest BCUT2D eigenvalue weighted by Crippen LogP contribution is 2.32. The van der Waals surface area contributed by atoms with Crippen LogP contribution in [-0.2, 0) is 16.1 Å². The van der Waals surface area contributed by atoms with Gasteiger partial charge in [-0.1, -0.05) is 17.7 Å². The van der Waals surface area contributed by atoms with Crippen LogP contribution in [0, 0.1) is 0 Å². The summed E-state index contributed by atoms with van der Waals surface area (Å²) in [6, 6.07) is 12.4. The van der Waals surface area contributed by atoms with Gasteiger partial charge in [0.15, 0.2) is 5.97 Å². The number of carboxylic acid groups (broad SMARTS) is 2. The van der Waals surface area contributed by atoms with E-state index in [1.54, 1.807) is 12.0 Å². The molecule has 0 bridgehead atoms. The molecule has 0 amide bonds. The maximum Gasteiger partial charge on any atom is 0.351 e. The number of nitrogens with one attached hydrogen (secondary N) is 1. The standard InChI is InChI=1S/C19H23ClN2O.C2H2O4/c1-4-21(5-2)10-11-22-18-12-14(20)6-8-16(18)17-9-7-15(23-3)13-19(17)22;3-1(4)2(5)6/h6-9,12-13H,4-5,10-11H2,1-3H3;(H,3,4)(H,5,6). The number of benzene rings is 2. The fraction of sp³-hybridized carbons (Fsp3) is 0.333. The van der Waals surface area contributed by atoms with Crippen LogP contribution in [0.1, 0.15) is 13.8 Å². The molecule has 8 heteroatoms. The van der Waals surface area contributed by atoms with Gasteiger partial charge in [-0.05, 0) is 38.1 Å². The first-order chi connectivity index (χ1) is 13.8. The van der Waals surface area contributed by atoms with Crippen molar-refractivity contribution in [3.63, 3.8) is 0 Å². The lowest BCUT2D eigenvalue weighted by atomic mass is 10.1. The second-order valence-electron chi connectivity index (χ2n) is 6.50. The number of aliphatic carboxylic acids is 2. The number of halogens is 1. The van der Waals surface area contributed by atoms with Crippen LogP contribution in [-0.4, -0.2) is 48.4 Å². The number of methoxy groups -OCH3 is 1. The van der Waals surface area contributed by atoms with Crippen molar-refractivity contribution in [3.8, 4) is 5.75 Å². The summed E-state index contributed by atoms with van der Waals surface area (Å²) >= 11 is 6.25. The quantitative estimate of drug-likeness (QED) is 0.584. The summed E-state index contributed by atoms with van der Waals surface area (Å²) < 4.78 is 7.80. The number of rotatable bonds is 6. The molecular formula is C21H25ClN2O5. The third kappa shape index (κ3) is 5.40. The van der Waals surface area contributed by atoms with Gasteiger partial charge in [-0.15, -0.1) is 0 Å². The Balaban J connectivity index is 0.000000438. The largest absolute Gasteiger partial charge is 0.539 e. The Kier molecular flexibility index (Phi) is 7.87. The minimum atomic E-state index is -2.07. The number of nitrogens with zero attached hydrogens (tertiary/aromatic N) is 1. The van der Waals surface area contributed by atoms with E-state index in [9.17, 15) is 0 Å². The van der Waals surface area contributed by atoms with Crippen molar-refractivity contribution in [2.75, 3.05) is 26.7 Å². The first-order valence-electron chi connectivity index (χ1n) is 9.35. The molecule has 0 unspecified atom stereocenters. The van der Waals surface area contributed by atoms with E-state index in [1.807, 2.05) is 12.1 Å². The molecule has 0 atom stereocenters. The van der Waals surface area contributed by atoms with Crippen molar-refractivity contribution in [1.29, 1.82) is 0 Å². The Morgan fingerprint density at radius 1 is 1.10 bits per heavy atom. The number of hydrogen-bond acceptors (Lipinski definition) is 4. The number of likely N-dealkylation sites (N-methyl/N-ethyl adjacent to an activating group) is 1. The van der Waals surface area contributed by atoms with Crippen LogP contribution in [0.25, 0.3) is 21.8 Å². The third-order valence-electron chi connectivity index (χ3n) is 4.90. The summed E-state index contributed by atoms with van der Waals surface area (Å²) in [5, 5.41) is 19.6. The third-order valence-corrected chi connectivity index (χ3v) is 5.14. The van der Waals surface area contributed by atoms with Crippen LogP contribution >= 0.6 is 11.6 Å². The molecule has 3 rings (SSSR count). The average Bonchev–Trinajstić information content (AvgIpc) is 3.01. The molecule has 0 spiro atoms. The minimum Gasteiger partial charge on any atom is -0.539 e. The molecule has 156 valence electrons. The van der Waals surface area contributed by atoms with Gasteiger partial charge in [0.2, 0.25) is 0 Å². The van der Waals surface area contributed by atoms with Gasteiger partial charge >= 0.3 is 5.97 Å². The highest BCUT2D eigenvalue weighted by atomic mass is 35.5. The lowest BCUT2D eigenvalue weighted by Gasteiger charge is -2.16. The first kappa shape index (κ1) is 22.5. The summed E-state index contributed by atoms with van der Waals surface area (Å²) in [6.45, 7) is 8.87. The fourth-order valence-corrected chi connectivity index (χ4v) is 3.46. The number of aromatic nitrogens is 1. The number of carbonyl (C=O) groups is 2. The zero-order valence-electron chi connectivity index (χ0n) is 16.7. The molecule has 1 aromatic heterocycles. The number of hydrogen-bond donors (Lipinski definition) is 2. The van der Waals surface area contributed by atoms with Gasteiger partial charge in [-0.2, -0.15) is 0 Å². The van der Waals surface area contributed by atoms with Crippen LogP contribution in [0.15, 0.2) is 36.4 Å². The molecule has 0 fully saturated rings. The molecule has 3 aromatic rings. The van der Waals surface area contributed by atoms with Crippen molar-refractivity contribution in [3.05, 3.63) is 41.4 Å². The number of ether oxygens (including phenoxy) is 1. The SMILES string of the molecule is CC[NH+](CC)CCn1c2cc(Cl)ccc2c2ccc(OC)cc21.O=C([O-])C(=O)O. The number of carboxylic acids is 2. The van der Waals surface area contributed by atoms with E-state index in [-0.39, 0.29) is 0 Å². The molecule has 0 aliphatic carbocycles. The van der Waals surface area contributed by atoms with Gasteiger partial charge in [0, 0.05) is 21.9 Å². The van der Waals surface area contributed by atoms with E-state index in [1.165, 1.54) is 21.8 Å². The highest BCUT2D eigenvalue weighted by molar-refractivity contribution is 6.31. The topological polar surface area (TPSA) is 96.0 Å². The summed E-state index contributed by atoms with van der Waals surface area (Å²) in [6.07, 6.45) is 0. The Hall–Kier alpha value is -2.77. The summed E-state index contributed by atoms with van der Waals surface area (Å²) in [5.41, 5.74) is 2.42. The van der Waals surface area contributed by atoms with Crippen LogP contribution in [0.3, 0.4) is 0 Å². The molecule has 0 aliphatic rings. The van der Waals surface area contributed by atoms with Gasteiger partial charge in [0.05, 0.1) is 44.3 Å². The van der Waals surface area contributed by atoms with E-state index >= 15 is 0 Å². The van der Waals surface area contributed by atoms with Crippen molar-refractivity contribution in [2.24, 2.45) is 0 Å². The normalized spacial score (nSPS) is 10.8. The summed E-state index contributed by atoms with van der Waals surface area (Å²) in [4.78, 5) is 19.6. The minimum absolute atomic E-state index is 0.781. The summed E-state index contributed by atoms with van der Waals surface area (Å²) in [5.74, 6) is -3.12. The Labute approximate surface area is 174 Å². The van der Waals surface area contributed by atoms with Gasteiger partial charge in [-0.3, -0.25) is 0 Å². The predicted molar refractivity (Wildman–Crippen MR) is 111 cm³/mol. The van der Waals surface area contributed by atoms with E-state index in [4.69, 9.17) is 36.1 Å². The molecule has 29 heavy (non-hydrogen) atoms. The first-order valence-corrected chi connectivity index (χ1v) is 9.73. The van der Waals surface area contributed by atoms with E-state index in [0.29, 0.717) is 0 Å². The fourth-order valence-electron chi connectivity index (χ4n) is 3.29. The van der Waals surface area contributed by atoms with Crippen LogP contribution in [0.2, 0.25) is 5.02 Å². The molecule has 2 aromatic carbocycles. The van der Waals surface area contributed by atoms with Gasteiger partial charge < -0.3 is 29.2 Å². The molecule has 7 nitrogen and oxygen atoms in total. The van der Waals surface area contributed by atoms with Crippen LogP contribution < -0.4 is 14.7 Å². The van der Waals surface area contributed by atoms with Crippen molar-refractivity contribution >= 4 is 45.3 Å². The van der Waals surface area contributed by atoms with Crippen molar-refractivity contribution in [1.82, 2.24) is 4.57 Å². The lowest BCUT2D eigenvalue weighted by Crippen LogP contribution is -3.11. The molecule has 0 aliphatic heterocycles. The highest BCUT2D eigenvalue weighted by Gasteiger charge is 2.13. The summed E-state index contributed by atoms with van der Waals surface area (Å²) in [7, 11) is 1.71. The smallest absolute Gasteiger partial charge is 0.351 e. The van der Waals surface area contributed by atoms with E-state index in [2.05, 4.69) is 42.7 Å². The second kappa shape index (κ2) is 10.1. The molecular weight excluding hydrogens is 396 g/mol. The van der Waals surface area contributed by atoms with E-state index < -0.39 is 11.9 Å². The Morgan fingerprint density at radius 3 is 2.17 bits per heavy atom. The van der Waals surface area contributed by atoms with Crippen molar-refractivity contribution < 1.29 is 29.4 Å². The van der Waals surface area contributed by atoms with Crippen molar-refractivity contribution in [2.45, 2.75) is 20.4 Å². The van der Waals surface area contributed by atoms with Gasteiger partial charge in [0.1, 0.15) is 5.75 Å². The second-order valence-corrected chi connectivity index (χ2v) is 6.93. The van der Waals surface area contributed by atoms with Crippen LogP contribution in [0.5, 0.6) is 5.75 Å². The molecule has 1 heterocycles. The van der Waals surface area contributed by atoms with Gasteiger partial charge in [0.25, 0.3) is 0 Å². The molecule has 0 saturated carbocycles. The zero-order chi connectivity index (χ0) is 21.6. The van der Waals surface area contributed by atoms with E-state index in [0.717, 1.165) is 37.0 Å². The number of quaternary nitrogens is 1. The van der Waals surface area contributed by atoms with Gasteiger partial charge in [-0.25, -0.2) is 4.79 Å². The molecule has 0 radical (unpaired) electrons. The maximum absolute atomic E-state index is 9.04. The van der Waals surface area contributed by atoms with Crippen LogP contribution in [0.4, 0.5) is 0 Å². The number of fused-ring (bicyclic) bond motifs is 3. The monoisotopic (exact) mass is 420 g/mol. The lowest BCUT2D eigenvalue weighted by molar-refractivity contribution is -0.897. The number of carbonyl (C=O) groups excluding carboxylic acids is 1. The average molecular weight is 421 g/mol. The zero-order valence-corrected chi connectivity index (χ0v) is 17.5. The molecule has 2 N–H and O–H groups in total. The Morgan fingerprint density at radius 2 is 1.66 bits per heavy atom. The predicted octanol–water partition coefficient (Wildman–Crippen LogP) is 1.20.